The van der Waals surface area contributed by atoms with Gasteiger partial charge in [0.2, 0.25) is 0 Å². The van der Waals surface area contributed by atoms with E-state index < -0.39 is 10.0 Å². The molecule has 25 heavy (non-hydrogen) atoms. The van der Waals surface area contributed by atoms with Crippen LogP contribution in [0.3, 0.4) is 0 Å². The van der Waals surface area contributed by atoms with Crippen LogP contribution in [0.4, 0.5) is 0 Å². The fourth-order valence-electron chi connectivity index (χ4n) is 2.27. The highest BCUT2D eigenvalue weighted by Crippen LogP contribution is 2.26. The van der Waals surface area contributed by atoms with E-state index in [2.05, 4.69) is 25.9 Å². The maximum atomic E-state index is 12.3. The van der Waals surface area contributed by atoms with E-state index in [1.165, 1.54) is 6.21 Å². The molecule has 0 amide bonds. The SMILES string of the molecule is Cc1ccc(S(=O)(=O)N/N=C/c2ccc(OC(C)C)c(Br)c2)c(C)c1. The van der Waals surface area contributed by atoms with Crippen LogP contribution in [0, 0.1) is 13.8 Å². The van der Waals surface area contributed by atoms with E-state index in [-0.39, 0.29) is 11.0 Å². The van der Waals surface area contributed by atoms with Crippen LogP contribution in [-0.4, -0.2) is 20.7 Å². The summed E-state index contributed by atoms with van der Waals surface area (Å²) in [5, 5.41) is 3.86. The average Bonchev–Trinajstić information content (AvgIpc) is 2.49. The molecule has 0 unspecified atom stereocenters. The van der Waals surface area contributed by atoms with Crippen LogP contribution in [0.1, 0.15) is 30.5 Å². The summed E-state index contributed by atoms with van der Waals surface area (Å²) in [6.45, 7) is 7.57. The summed E-state index contributed by atoms with van der Waals surface area (Å²) in [6.07, 6.45) is 1.52. The van der Waals surface area contributed by atoms with Gasteiger partial charge in [0.15, 0.2) is 0 Å². The van der Waals surface area contributed by atoms with Gasteiger partial charge in [0.05, 0.1) is 21.7 Å². The number of halogens is 1. The quantitative estimate of drug-likeness (QED) is 0.558. The third-order valence-electron chi connectivity index (χ3n) is 3.33. The first kappa shape index (κ1) is 19.5. The standard InChI is InChI=1S/C18H21BrN2O3S/c1-12(2)24-17-7-6-15(10-16(17)19)11-20-21-25(22,23)18-8-5-13(3)9-14(18)4/h5-12,21H,1-4H3/b20-11+. The molecule has 0 aliphatic heterocycles. The van der Waals surface area contributed by atoms with Crippen LogP contribution in [-0.2, 0) is 10.0 Å². The Morgan fingerprint density at radius 3 is 2.48 bits per heavy atom. The van der Waals surface area contributed by atoms with E-state index in [4.69, 9.17) is 4.74 Å². The molecule has 134 valence electrons. The average molecular weight is 425 g/mol. The number of hydrazone groups is 1. The normalized spacial score (nSPS) is 11.9. The summed E-state index contributed by atoms with van der Waals surface area (Å²) in [5.41, 5.74) is 2.43. The maximum Gasteiger partial charge on any atom is 0.276 e. The molecule has 0 aromatic heterocycles. The van der Waals surface area contributed by atoms with Gasteiger partial charge in [-0.25, -0.2) is 4.83 Å². The maximum absolute atomic E-state index is 12.3. The van der Waals surface area contributed by atoms with Crippen LogP contribution in [0.25, 0.3) is 0 Å². The van der Waals surface area contributed by atoms with E-state index in [1.54, 1.807) is 25.1 Å². The molecule has 0 aliphatic rings. The third-order valence-corrected chi connectivity index (χ3v) is 5.33. The molecule has 0 bridgehead atoms. The van der Waals surface area contributed by atoms with Gasteiger partial charge in [-0.2, -0.15) is 13.5 Å². The van der Waals surface area contributed by atoms with Crippen molar-refractivity contribution in [2.75, 3.05) is 0 Å². The van der Waals surface area contributed by atoms with Crippen LogP contribution in [0.5, 0.6) is 5.75 Å². The number of nitrogens with zero attached hydrogens (tertiary/aromatic N) is 1. The second-order valence-corrected chi connectivity index (χ2v) is 8.46. The predicted octanol–water partition coefficient (Wildman–Crippen LogP) is 4.17. The number of hydrogen-bond acceptors (Lipinski definition) is 4. The highest BCUT2D eigenvalue weighted by Gasteiger charge is 2.15. The fraction of sp³-hybridized carbons (Fsp3) is 0.278. The van der Waals surface area contributed by atoms with Crippen LogP contribution in [0.2, 0.25) is 0 Å². The summed E-state index contributed by atoms with van der Waals surface area (Å²) >= 11 is 3.43. The van der Waals surface area contributed by atoms with Gasteiger partial charge < -0.3 is 4.74 Å². The minimum Gasteiger partial charge on any atom is -0.490 e. The van der Waals surface area contributed by atoms with Gasteiger partial charge in [-0.05, 0) is 79.0 Å². The number of sulfonamides is 1. The third kappa shape index (κ3) is 5.31. The van der Waals surface area contributed by atoms with Crippen molar-refractivity contribution in [3.8, 4) is 5.75 Å². The molecule has 2 rings (SSSR count). The molecule has 0 saturated heterocycles. The number of hydrogen-bond donors (Lipinski definition) is 1. The molecule has 0 spiro atoms. The van der Waals surface area contributed by atoms with E-state index in [0.717, 1.165) is 21.3 Å². The minimum absolute atomic E-state index is 0.0698. The van der Waals surface area contributed by atoms with Crippen molar-refractivity contribution in [2.45, 2.75) is 38.7 Å². The van der Waals surface area contributed by atoms with E-state index in [9.17, 15) is 8.42 Å². The molecule has 2 aromatic rings. The molecule has 0 radical (unpaired) electrons. The molecule has 2 aromatic carbocycles. The number of benzene rings is 2. The smallest absolute Gasteiger partial charge is 0.276 e. The summed E-state index contributed by atoms with van der Waals surface area (Å²) in [4.78, 5) is 2.47. The largest absolute Gasteiger partial charge is 0.490 e. The van der Waals surface area contributed by atoms with Crippen molar-refractivity contribution in [3.05, 3.63) is 57.6 Å². The Morgan fingerprint density at radius 2 is 1.88 bits per heavy atom. The minimum atomic E-state index is -3.70. The molecule has 1 N–H and O–H groups in total. The monoisotopic (exact) mass is 424 g/mol. The van der Waals surface area contributed by atoms with Gasteiger partial charge in [0.1, 0.15) is 5.75 Å². The zero-order chi connectivity index (χ0) is 18.6. The molecular formula is C18H21BrN2O3S. The lowest BCUT2D eigenvalue weighted by Gasteiger charge is -2.11. The molecule has 0 heterocycles. The van der Waals surface area contributed by atoms with E-state index in [0.29, 0.717) is 5.56 Å². The molecule has 0 atom stereocenters. The first-order chi connectivity index (χ1) is 11.7. The molecule has 5 nitrogen and oxygen atoms in total. The van der Waals surface area contributed by atoms with Crippen molar-refractivity contribution in [1.29, 1.82) is 0 Å². The Bertz CT molecular complexity index is 893. The molecule has 0 aliphatic carbocycles. The summed E-state index contributed by atoms with van der Waals surface area (Å²) in [7, 11) is -3.70. The van der Waals surface area contributed by atoms with E-state index >= 15 is 0 Å². The number of rotatable bonds is 6. The number of ether oxygens (including phenoxy) is 1. The van der Waals surface area contributed by atoms with E-state index in [1.807, 2.05) is 39.0 Å². The van der Waals surface area contributed by atoms with Crippen molar-refractivity contribution in [3.63, 3.8) is 0 Å². The van der Waals surface area contributed by atoms with Crippen molar-refractivity contribution in [1.82, 2.24) is 4.83 Å². The van der Waals surface area contributed by atoms with Crippen molar-refractivity contribution >= 4 is 32.2 Å². The first-order valence-electron chi connectivity index (χ1n) is 7.77. The molecule has 7 heteroatoms. The predicted molar refractivity (Wildman–Crippen MR) is 104 cm³/mol. The van der Waals surface area contributed by atoms with Crippen LogP contribution < -0.4 is 9.57 Å². The second kappa shape index (κ2) is 8.01. The van der Waals surface area contributed by atoms with Gasteiger partial charge in [0, 0.05) is 0 Å². The second-order valence-electron chi connectivity index (χ2n) is 5.98. The Hall–Kier alpha value is -1.86. The zero-order valence-corrected chi connectivity index (χ0v) is 17.0. The molecular weight excluding hydrogens is 404 g/mol. The van der Waals surface area contributed by atoms with Crippen LogP contribution >= 0.6 is 15.9 Å². The van der Waals surface area contributed by atoms with Gasteiger partial charge in [-0.3, -0.25) is 0 Å². The van der Waals surface area contributed by atoms with Crippen molar-refractivity contribution in [2.24, 2.45) is 5.10 Å². The summed E-state index contributed by atoms with van der Waals surface area (Å²) in [6, 6.07) is 10.6. The van der Waals surface area contributed by atoms with Crippen molar-refractivity contribution < 1.29 is 13.2 Å². The highest BCUT2D eigenvalue weighted by atomic mass is 79.9. The summed E-state index contributed by atoms with van der Waals surface area (Å²) < 4.78 is 31.1. The highest BCUT2D eigenvalue weighted by molar-refractivity contribution is 9.10. The lowest BCUT2D eigenvalue weighted by atomic mass is 10.2. The Kier molecular flexibility index (Phi) is 6.24. The Balaban J connectivity index is 2.13. The Labute approximate surface area is 157 Å². The van der Waals surface area contributed by atoms with Gasteiger partial charge >= 0.3 is 0 Å². The fourth-order valence-corrected chi connectivity index (χ4v) is 3.78. The summed E-state index contributed by atoms with van der Waals surface area (Å²) in [5.74, 6) is 0.725. The lowest BCUT2D eigenvalue weighted by Crippen LogP contribution is -2.19. The number of nitrogens with one attached hydrogen (secondary N) is 1. The zero-order valence-electron chi connectivity index (χ0n) is 14.6. The number of aryl methyl sites for hydroxylation is 2. The lowest BCUT2D eigenvalue weighted by molar-refractivity contribution is 0.241. The Morgan fingerprint density at radius 1 is 1.16 bits per heavy atom. The van der Waals surface area contributed by atoms with Gasteiger partial charge in [-0.1, -0.05) is 17.7 Å². The van der Waals surface area contributed by atoms with Crippen LogP contribution in [0.15, 0.2) is 50.9 Å². The molecule has 0 saturated carbocycles. The molecule has 0 fully saturated rings. The van der Waals surface area contributed by atoms with Gasteiger partial charge in [-0.15, -0.1) is 0 Å². The topological polar surface area (TPSA) is 67.8 Å². The van der Waals surface area contributed by atoms with Gasteiger partial charge in [0.25, 0.3) is 10.0 Å². The first-order valence-corrected chi connectivity index (χ1v) is 10.0.